The average molecular weight is 172 g/mol. The second-order valence-corrected chi connectivity index (χ2v) is 3.14. The lowest BCUT2D eigenvalue weighted by molar-refractivity contribution is -0.118. The Kier molecular flexibility index (Phi) is 5.72. The smallest absolute Gasteiger partial charge is 0.218 e. The van der Waals surface area contributed by atoms with Gasteiger partial charge in [0.2, 0.25) is 5.91 Å². The van der Waals surface area contributed by atoms with Crippen LogP contribution in [-0.4, -0.2) is 19.0 Å². The Balaban J connectivity index is 4.01. The molecule has 0 bridgehead atoms. The standard InChI is InChI=1S/C9H20N2O/c1-4-7(5-2)8(11-3)6-9(10)12/h7-8,11H,4-6H2,1-3H3,(H2,10,12). The maximum atomic E-state index is 10.7. The van der Waals surface area contributed by atoms with Crippen molar-refractivity contribution in [1.82, 2.24) is 5.32 Å². The molecule has 1 amide bonds. The van der Waals surface area contributed by atoms with Gasteiger partial charge in [-0.15, -0.1) is 0 Å². The van der Waals surface area contributed by atoms with E-state index in [0.717, 1.165) is 12.8 Å². The monoisotopic (exact) mass is 172 g/mol. The summed E-state index contributed by atoms with van der Waals surface area (Å²) in [5.41, 5.74) is 5.14. The molecule has 0 fully saturated rings. The van der Waals surface area contributed by atoms with Gasteiger partial charge in [0.05, 0.1) is 0 Å². The van der Waals surface area contributed by atoms with E-state index in [1.54, 1.807) is 0 Å². The molecule has 0 aliphatic carbocycles. The zero-order valence-corrected chi connectivity index (χ0v) is 8.26. The van der Waals surface area contributed by atoms with E-state index in [1.165, 1.54) is 0 Å². The number of carbonyl (C=O) groups excluding carboxylic acids is 1. The van der Waals surface area contributed by atoms with E-state index in [2.05, 4.69) is 19.2 Å². The Bertz CT molecular complexity index is 132. The Morgan fingerprint density at radius 3 is 2.17 bits per heavy atom. The zero-order chi connectivity index (χ0) is 9.56. The van der Waals surface area contributed by atoms with Crippen LogP contribution in [-0.2, 0) is 4.79 Å². The van der Waals surface area contributed by atoms with E-state index in [4.69, 9.17) is 5.73 Å². The van der Waals surface area contributed by atoms with Crippen molar-refractivity contribution in [1.29, 1.82) is 0 Å². The predicted octanol–water partition coefficient (Wildman–Crippen LogP) is 0.886. The fraction of sp³-hybridized carbons (Fsp3) is 0.889. The first kappa shape index (κ1) is 11.4. The van der Waals surface area contributed by atoms with Crippen LogP contribution in [0.15, 0.2) is 0 Å². The van der Waals surface area contributed by atoms with Crippen molar-refractivity contribution in [3.63, 3.8) is 0 Å². The summed E-state index contributed by atoms with van der Waals surface area (Å²) in [5.74, 6) is 0.337. The highest BCUT2D eigenvalue weighted by atomic mass is 16.1. The molecule has 1 atom stereocenters. The van der Waals surface area contributed by atoms with Crippen LogP contribution >= 0.6 is 0 Å². The minimum absolute atomic E-state index is 0.221. The van der Waals surface area contributed by atoms with Crippen molar-refractivity contribution in [2.45, 2.75) is 39.2 Å². The van der Waals surface area contributed by atoms with Gasteiger partial charge < -0.3 is 11.1 Å². The van der Waals surface area contributed by atoms with Crippen molar-refractivity contribution < 1.29 is 4.79 Å². The van der Waals surface area contributed by atoms with Gasteiger partial charge >= 0.3 is 0 Å². The van der Waals surface area contributed by atoms with Gasteiger partial charge in [0.25, 0.3) is 0 Å². The lowest BCUT2D eigenvalue weighted by Crippen LogP contribution is -2.36. The van der Waals surface area contributed by atoms with E-state index in [9.17, 15) is 4.79 Å². The molecule has 12 heavy (non-hydrogen) atoms. The van der Waals surface area contributed by atoms with Crippen LogP contribution in [0.5, 0.6) is 0 Å². The van der Waals surface area contributed by atoms with E-state index in [-0.39, 0.29) is 11.9 Å². The normalized spacial score (nSPS) is 13.3. The number of hydrogen-bond acceptors (Lipinski definition) is 2. The maximum Gasteiger partial charge on any atom is 0.218 e. The van der Waals surface area contributed by atoms with E-state index in [0.29, 0.717) is 12.3 Å². The SMILES string of the molecule is CCC(CC)C(CC(N)=O)NC. The highest BCUT2D eigenvalue weighted by molar-refractivity contribution is 5.74. The summed E-state index contributed by atoms with van der Waals surface area (Å²) < 4.78 is 0. The second kappa shape index (κ2) is 6.00. The third-order valence-corrected chi connectivity index (χ3v) is 2.41. The van der Waals surface area contributed by atoms with Gasteiger partial charge in [-0.25, -0.2) is 0 Å². The van der Waals surface area contributed by atoms with Crippen molar-refractivity contribution in [2.24, 2.45) is 11.7 Å². The molecular weight excluding hydrogens is 152 g/mol. The quantitative estimate of drug-likeness (QED) is 0.625. The van der Waals surface area contributed by atoms with Crippen LogP contribution in [0, 0.1) is 5.92 Å². The van der Waals surface area contributed by atoms with Gasteiger partial charge in [-0.05, 0) is 13.0 Å². The summed E-state index contributed by atoms with van der Waals surface area (Å²) in [6.07, 6.45) is 2.63. The van der Waals surface area contributed by atoms with Crippen molar-refractivity contribution >= 4 is 5.91 Å². The Hall–Kier alpha value is -0.570. The molecule has 0 saturated heterocycles. The zero-order valence-electron chi connectivity index (χ0n) is 8.26. The first-order valence-corrected chi connectivity index (χ1v) is 4.61. The van der Waals surface area contributed by atoms with Crippen molar-refractivity contribution in [2.75, 3.05) is 7.05 Å². The second-order valence-electron chi connectivity index (χ2n) is 3.14. The minimum atomic E-state index is -0.221. The summed E-state index contributed by atoms with van der Waals surface area (Å²) in [4.78, 5) is 10.7. The lowest BCUT2D eigenvalue weighted by atomic mass is 9.92. The number of primary amides is 1. The molecule has 72 valence electrons. The molecule has 3 N–H and O–H groups in total. The molecule has 0 aromatic rings. The van der Waals surface area contributed by atoms with Gasteiger partial charge in [-0.2, -0.15) is 0 Å². The molecule has 0 saturated carbocycles. The largest absolute Gasteiger partial charge is 0.370 e. The van der Waals surface area contributed by atoms with Crippen LogP contribution in [0.4, 0.5) is 0 Å². The van der Waals surface area contributed by atoms with E-state index in [1.807, 2.05) is 7.05 Å². The summed E-state index contributed by atoms with van der Waals surface area (Å²) in [7, 11) is 1.88. The molecule has 1 unspecified atom stereocenters. The average Bonchev–Trinajstić information content (AvgIpc) is 2.04. The molecule has 3 nitrogen and oxygen atoms in total. The fourth-order valence-corrected chi connectivity index (χ4v) is 1.58. The summed E-state index contributed by atoms with van der Waals surface area (Å²) in [5, 5.41) is 3.13. The van der Waals surface area contributed by atoms with Crippen LogP contribution in [0.25, 0.3) is 0 Å². The Morgan fingerprint density at radius 2 is 1.92 bits per heavy atom. The summed E-state index contributed by atoms with van der Waals surface area (Å²) >= 11 is 0. The highest BCUT2D eigenvalue weighted by Gasteiger charge is 2.17. The highest BCUT2D eigenvalue weighted by Crippen LogP contribution is 2.14. The Labute approximate surface area is 74.7 Å². The number of hydrogen-bond donors (Lipinski definition) is 2. The summed E-state index contributed by atoms with van der Waals surface area (Å²) in [6, 6.07) is 0.248. The van der Waals surface area contributed by atoms with Crippen LogP contribution in [0.3, 0.4) is 0 Å². The molecule has 0 rings (SSSR count). The van der Waals surface area contributed by atoms with Crippen molar-refractivity contribution in [3.8, 4) is 0 Å². The molecule has 0 heterocycles. The Morgan fingerprint density at radius 1 is 1.42 bits per heavy atom. The predicted molar refractivity (Wildman–Crippen MR) is 50.7 cm³/mol. The topological polar surface area (TPSA) is 55.1 Å². The van der Waals surface area contributed by atoms with E-state index >= 15 is 0 Å². The van der Waals surface area contributed by atoms with Gasteiger partial charge in [0, 0.05) is 12.5 Å². The van der Waals surface area contributed by atoms with E-state index < -0.39 is 0 Å². The fourth-order valence-electron chi connectivity index (χ4n) is 1.58. The number of rotatable bonds is 6. The minimum Gasteiger partial charge on any atom is -0.370 e. The van der Waals surface area contributed by atoms with Crippen LogP contribution in [0.1, 0.15) is 33.1 Å². The van der Waals surface area contributed by atoms with Gasteiger partial charge in [-0.3, -0.25) is 4.79 Å². The molecule has 0 aromatic heterocycles. The van der Waals surface area contributed by atoms with Gasteiger partial charge in [0.15, 0.2) is 0 Å². The first-order chi connectivity index (χ1) is 5.65. The van der Waals surface area contributed by atoms with Crippen LogP contribution < -0.4 is 11.1 Å². The number of nitrogens with one attached hydrogen (secondary N) is 1. The molecular formula is C9H20N2O. The lowest BCUT2D eigenvalue weighted by Gasteiger charge is -2.23. The molecule has 0 aliphatic rings. The van der Waals surface area contributed by atoms with Crippen molar-refractivity contribution in [3.05, 3.63) is 0 Å². The molecule has 0 spiro atoms. The number of amides is 1. The first-order valence-electron chi connectivity index (χ1n) is 4.61. The number of carbonyl (C=O) groups is 1. The maximum absolute atomic E-state index is 10.7. The number of nitrogens with two attached hydrogens (primary N) is 1. The molecule has 0 aromatic carbocycles. The van der Waals surface area contributed by atoms with Gasteiger partial charge in [0.1, 0.15) is 0 Å². The third-order valence-electron chi connectivity index (χ3n) is 2.41. The molecule has 0 aliphatic heterocycles. The molecule has 0 radical (unpaired) electrons. The van der Waals surface area contributed by atoms with Crippen LogP contribution in [0.2, 0.25) is 0 Å². The summed E-state index contributed by atoms with van der Waals surface area (Å²) in [6.45, 7) is 4.28. The molecule has 3 heteroatoms. The van der Waals surface area contributed by atoms with Gasteiger partial charge in [-0.1, -0.05) is 26.7 Å². The third kappa shape index (κ3) is 3.72.